The van der Waals surface area contributed by atoms with Crippen molar-refractivity contribution >= 4 is 11.6 Å². The molecule has 0 aliphatic carbocycles. The predicted octanol–water partition coefficient (Wildman–Crippen LogP) is 2.58. The standard InChI is InChI=1S/C16H15ClFN3O2/c17-13-6-16(11(7-19)4-14(13)18)23-15(5-12(20)9-22)10-2-1-3-21-8-10/h1-4,6,8,12,15,22H,5,9,20H2. The van der Waals surface area contributed by atoms with Gasteiger partial charge >= 0.3 is 0 Å². The first-order chi connectivity index (χ1) is 11.0. The number of benzene rings is 1. The molecule has 0 amide bonds. The number of halogens is 2. The topological polar surface area (TPSA) is 92.2 Å². The summed E-state index contributed by atoms with van der Waals surface area (Å²) >= 11 is 5.76. The maximum Gasteiger partial charge on any atom is 0.143 e. The molecule has 120 valence electrons. The van der Waals surface area contributed by atoms with E-state index in [0.29, 0.717) is 6.42 Å². The predicted molar refractivity (Wildman–Crippen MR) is 83.4 cm³/mol. The van der Waals surface area contributed by atoms with Gasteiger partial charge in [0.05, 0.1) is 17.2 Å². The molecule has 1 aromatic heterocycles. The number of hydrogen-bond acceptors (Lipinski definition) is 5. The van der Waals surface area contributed by atoms with Gasteiger partial charge in [0.1, 0.15) is 23.7 Å². The first-order valence-electron chi connectivity index (χ1n) is 6.87. The highest BCUT2D eigenvalue weighted by atomic mass is 35.5. The molecule has 0 spiro atoms. The van der Waals surface area contributed by atoms with E-state index in [1.807, 2.05) is 6.07 Å². The Balaban J connectivity index is 2.35. The third-order valence-electron chi connectivity index (χ3n) is 3.22. The molecule has 1 aromatic carbocycles. The minimum Gasteiger partial charge on any atom is -0.484 e. The number of pyridine rings is 1. The van der Waals surface area contributed by atoms with Crippen molar-refractivity contribution in [3.8, 4) is 11.8 Å². The molecule has 3 N–H and O–H groups in total. The van der Waals surface area contributed by atoms with E-state index in [4.69, 9.17) is 32.4 Å². The number of aliphatic hydroxyl groups excluding tert-OH is 1. The van der Waals surface area contributed by atoms with Crippen molar-refractivity contribution in [2.45, 2.75) is 18.6 Å². The Morgan fingerprint density at radius 3 is 2.87 bits per heavy atom. The minimum atomic E-state index is -0.694. The maximum absolute atomic E-state index is 13.5. The molecular formula is C16H15ClFN3O2. The van der Waals surface area contributed by atoms with Gasteiger partial charge < -0.3 is 15.6 Å². The lowest BCUT2D eigenvalue weighted by atomic mass is 10.0. The Hall–Kier alpha value is -2.20. The SMILES string of the molecule is N#Cc1cc(F)c(Cl)cc1OC(CC(N)CO)c1cccnc1. The summed E-state index contributed by atoms with van der Waals surface area (Å²) in [6.07, 6.45) is 2.95. The third-order valence-corrected chi connectivity index (χ3v) is 3.51. The summed E-state index contributed by atoms with van der Waals surface area (Å²) in [7, 11) is 0. The molecule has 0 fully saturated rings. The second-order valence-electron chi connectivity index (χ2n) is 4.95. The number of aliphatic hydroxyl groups is 1. The smallest absolute Gasteiger partial charge is 0.143 e. The fraction of sp³-hybridized carbons (Fsp3) is 0.250. The fourth-order valence-corrected chi connectivity index (χ4v) is 2.19. The third kappa shape index (κ3) is 4.39. The number of nitriles is 1. The molecule has 1 heterocycles. The average Bonchev–Trinajstić information content (AvgIpc) is 2.57. The van der Waals surface area contributed by atoms with Crippen LogP contribution < -0.4 is 10.5 Å². The van der Waals surface area contributed by atoms with Crippen molar-refractivity contribution in [3.63, 3.8) is 0 Å². The van der Waals surface area contributed by atoms with Crippen LogP contribution >= 0.6 is 11.6 Å². The molecule has 7 heteroatoms. The molecule has 2 unspecified atom stereocenters. The van der Waals surface area contributed by atoms with Gasteiger partial charge in [-0.15, -0.1) is 0 Å². The Morgan fingerprint density at radius 2 is 2.26 bits per heavy atom. The Morgan fingerprint density at radius 1 is 1.48 bits per heavy atom. The van der Waals surface area contributed by atoms with Gasteiger partial charge in [-0.3, -0.25) is 4.98 Å². The normalized spacial score (nSPS) is 13.2. The summed E-state index contributed by atoms with van der Waals surface area (Å²) in [4.78, 5) is 4.02. The van der Waals surface area contributed by atoms with Crippen molar-refractivity contribution in [3.05, 3.63) is 58.6 Å². The molecule has 2 aromatic rings. The first-order valence-corrected chi connectivity index (χ1v) is 7.25. The van der Waals surface area contributed by atoms with Gasteiger partial charge in [0.2, 0.25) is 0 Å². The number of hydrogen-bond donors (Lipinski definition) is 2. The molecule has 0 saturated carbocycles. The second-order valence-corrected chi connectivity index (χ2v) is 5.35. The fourth-order valence-electron chi connectivity index (χ4n) is 2.03. The lowest BCUT2D eigenvalue weighted by Gasteiger charge is -2.22. The van der Waals surface area contributed by atoms with E-state index in [1.54, 1.807) is 24.5 Å². The first kappa shape index (κ1) is 17.2. The zero-order valence-electron chi connectivity index (χ0n) is 12.1. The molecule has 5 nitrogen and oxygen atoms in total. The average molecular weight is 336 g/mol. The molecule has 0 aliphatic heterocycles. The van der Waals surface area contributed by atoms with Crippen LogP contribution in [0, 0.1) is 17.1 Å². The summed E-state index contributed by atoms with van der Waals surface area (Å²) < 4.78 is 19.3. The van der Waals surface area contributed by atoms with Gasteiger partial charge in [0.15, 0.2) is 0 Å². The Labute approximate surface area is 138 Å². The lowest BCUT2D eigenvalue weighted by Crippen LogP contribution is -2.28. The molecule has 23 heavy (non-hydrogen) atoms. The van der Waals surface area contributed by atoms with Crippen molar-refractivity contribution in [1.82, 2.24) is 4.98 Å². The zero-order chi connectivity index (χ0) is 16.8. The number of nitrogens with two attached hydrogens (primary N) is 1. The quantitative estimate of drug-likeness (QED) is 0.846. The largest absolute Gasteiger partial charge is 0.484 e. The van der Waals surface area contributed by atoms with E-state index in [2.05, 4.69) is 4.98 Å². The summed E-state index contributed by atoms with van der Waals surface area (Å²) in [5, 5.41) is 18.1. The molecule has 2 rings (SSSR count). The summed E-state index contributed by atoms with van der Waals surface area (Å²) in [6, 6.07) is 7.15. The van der Waals surface area contributed by atoms with Gasteiger partial charge in [0.25, 0.3) is 0 Å². The van der Waals surface area contributed by atoms with Crippen LogP contribution in [0.5, 0.6) is 5.75 Å². The second kappa shape index (κ2) is 7.88. The summed E-state index contributed by atoms with van der Waals surface area (Å²) in [5.41, 5.74) is 6.54. The van der Waals surface area contributed by atoms with E-state index < -0.39 is 18.0 Å². The van der Waals surface area contributed by atoms with Gasteiger partial charge in [-0.25, -0.2) is 4.39 Å². The van der Waals surface area contributed by atoms with Gasteiger partial charge in [-0.2, -0.15) is 5.26 Å². The highest BCUT2D eigenvalue weighted by Crippen LogP contribution is 2.31. The summed E-state index contributed by atoms with van der Waals surface area (Å²) in [5.74, 6) is -0.543. The van der Waals surface area contributed by atoms with Crippen LogP contribution in [0.25, 0.3) is 0 Å². The Bertz CT molecular complexity index is 706. The van der Waals surface area contributed by atoms with E-state index in [0.717, 1.165) is 11.6 Å². The molecule has 2 atom stereocenters. The zero-order valence-corrected chi connectivity index (χ0v) is 12.9. The highest BCUT2D eigenvalue weighted by molar-refractivity contribution is 6.30. The van der Waals surface area contributed by atoms with Crippen LogP contribution in [0.2, 0.25) is 5.02 Å². The van der Waals surface area contributed by atoms with Gasteiger partial charge in [0, 0.05) is 36.5 Å². The minimum absolute atomic E-state index is 0.0263. The van der Waals surface area contributed by atoms with Crippen molar-refractivity contribution in [2.24, 2.45) is 5.73 Å². The number of nitrogens with zero attached hydrogens (tertiary/aromatic N) is 2. The van der Waals surface area contributed by atoms with Crippen molar-refractivity contribution in [1.29, 1.82) is 5.26 Å². The van der Waals surface area contributed by atoms with Crippen LogP contribution in [0.1, 0.15) is 23.7 Å². The molecule has 0 radical (unpaired) electrons. The molecule has 0 bridgehead atoms. The van der Waals surface area contributed by atoms with Crippen LogP contribution in [-0.4, -0.2) is 22.7 Å². The maximum atomic E-state index is 13.5. The lowest BCUT2D eigenvalue weighted by molar-refractivity contribution is 0.161. The summed E-state index contributed by atoms with van der Waals surface area (Å²) in [6.45, 7) is -0.213. The van der Waals surface area contributed by atoms with Crippen LogP contribution in [0.4, 0.5) is 4.39 Å². The monoisotopic (exact) mass is 335 g/mol. The van der Waals surface area contributed by atoms with Crippen molar-refractivity contribution < 1.29 is 14.2 Å². The molecule has 0 aliphatic rings. The number of rotatable bonds is 6. The van der Waals surface area contributed by atoms with Crippen LogP contribution in [-0.2, 0) is 0 Å². The van der Waals surface area contributed by atoms with Crippen LogP contribution in [0.15, 0.2) is 36.7 Å². The van der Waals surface area contributed by atoms with E-state index in [1.165, 1.54) is 6.07 Å². The van der Waals surface area contributed by atoms with E-state index in [-0.39, 0.29) is 22.9 Å². The van der Waals surface area contributed by atoms with Gasteiger partial charge in [-0.05, 0) is 12.1 Å². The highest BCUT2D eigenvalue weighted by Gasteiger charge is 2.20. The van der Waals surface area contributed by atoms with Gasteiger partial charge in [-0.1, -0.05) is 17.7 Å². The number of ether oxygens (including phenoxy) is 1. The van der Waals surface area contributed by atoms with Crippen LogP contribution in [0.3, 0.4) is 0 Å². The van der Waals surface area contributed by atoms with E-state index in [9.17, 15) is 4.39 Å². The number of aromatic nitrogens is 1. The molecular weight excluding hydrogens is 321 g/mol. The van der Waals surface area contributed by atoms with E-state index >= 15 is 0 Å². The Kier molecular flexibility index (Phi) is 5.88. The van der Waals surface area contributed by atoms with Crippen molar-refractivity contribution in [2.75, 3.05) is 6.61 Å². The molecule has 0 saturated heterocycles.